The summed E-state index contributed by atoms with van der Waals surface area (Å²) < 4.78 is 7.23. The zero-order valence-electron chi connectivity index (χ0n) is 14.8. The van der Waals surface area contributed by atoms with E-state index in [9.17, 15) is 4.79 Å². The number of halogens is 1. The molecule has 2 heterocycles. The second-order valence-electron chi connectivity index (χ2n) is 6.18. The van der Waals surface area contributed by atoms with Crippen molar-refractivity contribution in [3.63, 3.8) is 0 Å². The van der Waals surface area contributed by atoms with Gasteiger partial charge in [0.05, 0.1) is 10.3 Å². The SMILES string of the molecule is COCCCn1c(S[C@@H]2CCCCNC2=O)nnc1-c1ccccc1Cl. The minimum atomic E-state index is -0.137. The first-order valence-corrected chi connectivity index (χ1v) is 10.1. The molecule has 1 atom stereocenters. The summed E-state index contributed by atoms with van der Waals surface area (Å²) >= 11 is 7.85. The molecular weight excluding hydrogens is 372 g/mol. The molecule has 1 aromatic carbocycles. The van der Waals surface area contributed by atoms with E-state index in [1.54, 1.807) is 7.11 Å². The molecule has 0 aliphatic carbocycles. The van der Waals surface area contributed by atoms with Crippen LogP contribution in [0.25, 0.3) is 11.4 Å². The molecular formula is C18H23ClN4O2S. The van der Waals surface area contributed by atoms with E-state index >= 15 is 0 Å². The Hall–Kier alpha value is -1.57. The third-order valence-electron chi connectivity index (χ3n) is 4.29. The Morgan fingerprint density at radius 1 is 1.35 bits per heavy atom. The highest BCUT2D eigenvalue weighted by molar-refractivity contribution is 8.00. The Morgan fingerprint density at radius 2 is 2.19 bits per heavy atom. The smallest absolute Gasteiger partial charge is 0.233 e. The number of carbonyl (C=O) groups excluding carboxylic acids is 1. The fourth-order valence-electron chi connectivity index (χ4n) is 2.94. The van der Waals surface area contributed by atoms with Crippen LogP contribution < -0.4 is 5.32 Å². The summed E-state index contributed by atoms with van der Waals surface area (Å²) in [5.74, 6) is 0.807. The molecule has 0 spiro atoms. The van der Waals surface area contributed by atoms with Gasteiger partial charge in [0.2, 0.25) is 5.91 Å². The van der Waals surface area contributed by atoms with Gasteiger partial charge in [-0.3, -0.25) is 4.79 Å². The molecule has 0 radical (unpaired) electrons. The van der Waals surface area contributed by atoms with Gasteiger partial charge in [-0.05, 0) is 31.4 Å². The summed E-state index contributed by atoms with van der Waals surface area (Å²) in [6.45, 7) is 2.10. The highest BCUT2D eigenvalue weighted by Crippen LogP contribution is 2.32. The molecule has 6 nitrogen and oxygen atoms in total. The lowest BCUT2D eigenvalue weighted by Crippen LogP contribution is -2.30. The maximum Gasteiger partial charge on any atom is 0.233 e. The van der Waals surface area contributed by atoms with Gasteiger partial charge in [-0.1, -0.05) is 41.9 Å². The molecule has 0 bridgehead atoms. The van der Waals surface area contributed by atoms with Gasteiger partial charge in [-0.25, -0.2) is 0 Å². The number of hydrogen-bond donors (Lipinski definition) is 1. The van der Waals surface area contributed by atoms with Gasteiger partial charge in [-0.2, -0.15) is 0 Å². The van der Waals surface area contributed by atoms with Crippen LogP contribution in [0.2, 0.25) is 5.02 Å². The molecule has 1 aliphatic rings. The number of methoxy groups -OCH3 is 1. The number of nitrogens with zero attached hydrogens (tertiary/aromatic N) is 3. The lowest BCUT2D eigenvalue weighted by molar-refractivity contribution is -0.120. The molecule has 1 aliphatic heterocycles. The number of rotatable bonds is 7. The number of thioether (sulfide) groups is 1. The standard InChI is InChI=1S/C18H23ClN4O2S/c1-25-12-6-11-23-16(13-7-2-3-8-14(13)19)21-22-18(23)26-15-9-4-5-10-20-17(15)24/h2-3,7-8,15H,4-6,9-12H2,1H3,(H,20,24)/t15-/m1/s1. The highest BCUT2D eigenvalue weighted by atomic mass is 35.5. The second kappa shape index (κ2) is 9.39. The molecule has 2 aromatic rings. The molecule has 0 unspecified atom stereocenters. The largest absolute Gasteiger partial charge is 0.385 e. The predicted octanol–water partition coefficient (Wildman–Crippen LogP) is 3.40. The maximum atomic E-state index is 12.3. The number of hydrogen-bond acceptors (Lipinski definition) is 5. The number of carbonyl (C=O) groups is 1. The first kappa shape index (κ1) is 19.2. The fourth-order valence-corrected chi connectivity index (χ4v) is 4.28. The van der Waals surface area contributed by atoms with E-state index in [0.29, 0.717) is 18.2 Å². The molecule has 26 heavy (non-hydrogen) atoms. The molecule has 140 valence electrons. The monoisotopic (exact) mass is 394 g/mol. The van der Waals surface area contributed by atoms with Crippen LogP contribution in [0, 0.1) is 0 Å². The summed E-state index contributed by atoms with van der Waals surface area (Å²) in [5, 5.41) is 13.0. The minimum Gasteiger partial charge on any atom is -0.385 e. The molecule has 1 saturated heterocycles. The Balaban J connectivity index is 1.89. The van der Waals surface area contributed by atoms with Crippen molar-refractivity contribution < 1.29 is 9.53 Å². The van der Waals surface area contributed by atoms with E-state index in [1.807, 2.05) is 28.8 Å². The van der Waals surface area contributed by atoms with Gasteiger partial charge < -0.3 is 14.6 Å². The van der Waals surface area contributed by atoms with E-state index in [1.165, 1.54) is 11.8 Å². The fraction of sp³-hybridized carbons (Fsp3) is 0.500. The quantitative estimate of drug-likeness (QED) is 0.729. The van der Waals surface area contributed by atoms with Gasteiger partial charge in [0.1, 0.15) is 0 Å². The number of amides is 1. The lowest BCUT2D eigenvalue weighted by Gasteiger charge is -2.14. The van der Waals surface area contributed by atoms with E-state index in [-0.39, 0.29) is 11.2 Å². The van der Waals surface area contributed by atoms with Crippen LogP contribution in [0.3, 0.4) is 0 Å². The van der Waals surface area contributed by atoms with Gasteiger partial charge in [0, 0.05) is 32.4 Å². The van der Waals surface area contributed by atoms with Gasteiger partial charge in [0.15, 0.2) is 11.0 Å². The van der Waals surface area contributed by atoms with Crippen LogP contribution in [0.5, 0.6) is 0 Å². The van der Waals surface area contributed by atoms with E-state index in [2.05, 4.69) is 15.5 Å². The van der Waals surface area contributed by atoms with E-state index in [4.69, 9.17) is 16.3 Å². The first-order valence-electron chi connectivity index (χ1n) is 8.82. The molecule has 1 amide bonds. The predicted molar refractivity (Wildman–Crippen MR) is 103 cm³/mol. The third-order valence-corrected chi connectivity index (χ3v) is 5.87. The van der Waals surface area contributed by atoms with Crippen molar-refractivity contribution in [1.29, 1.82) is 0 Å². The number of ether oxygens (including phenoxy) is 1. The summed E-state index contributed by atoms with van der Waals surface area (Å²) in [4.78, 5) is 12.3. The van der Waals surface area contributed by atoms with Gasteiger partial charge in [-0.15, -0.1) is 10.2 Å². The van der Waals surface area contributed by atoms with Crippen molar-refractivity contribution in [2.24, 2.45) is 0 Å². The Morgan fingerprint density at radius 3 is 3.00 bits per heavy atom. The highest BCUT2D eigenvalue weighted by Gasteiger charge is 2.25. The van der Waals surface area contributed by atoms with Crippen molar-refractivity contribution in [1.82, 2.24) is 20.1 Å². The summed E-state index contributed by atoms with van der Waals surface area (Å²) in [7, 11) is 1.69. The van der Waals surface area contributed by atoms with Crippen LogP contribution in [-0.2, 0) is 16.1 Å². The zero-order valence-corrected chi connectivity index (χ0v) is 16.4. The maximum absolute atomic E-state index is 12.3. The van der Waals surface area contributed by atoms with Crippen LogP contribution in [0.15, 0.2) is 29.4 Å². The van der Waals surface area contributed by atoms with Gasteiger partial charge in [0.25, 0.3) is 0 Å². The normalized spacial score (nSPS) is 17.8. The van der Waals surface area contributed by atoms with E-state index in [0.717, 1.165) is 48.8 Å². The molecule has 3 rings (SSSR count). The summed E-state index contributed by atoms with van der Waals surface area (Å²) in [5.41, 5.74) is 0.844. The third kappa shape index (κ3) is 4.58. The Bertz CT molecular complexity index is 753. The Labute approximate surface area is 162 Å². The number of nitrogens with one attached hydrogen (secondary N) is 1. The molecule has 1 aromatic heterocycles. The lowest BCUT2D eigenvalue weighted by atomic mass is 10.2. The van der Waals surface area contributed by atoms with Crippen molar-refractivity contribution in [2.45, 2.75) is 42.6 Å². The Kier molecular flexibility index (Phi) is 6.93. The topological polar surface area (TPSA) is 69.0 Å². The van der Waals surface area contributed by atoms with Crippen LogP contribution >= 0.6 is 23.4 Å². The van der Waals surface area contributed by atoms with Crippen LogP contribution in [0.1, 0.15) is 25.7 Å². The van der Waals surface area contributed by atoms with Crippen molar-refractivity contribution in [3.05, 3.63) is 29.3 Å². The molecule has 0 saturated carbocycles. The van der Waals surface area contributed by atoms with Crippen LogP contribution in [-0.4, -0.2) is 46.2 Å². The minimum absolute atomic E-state index is 0.0817. The number of aromatic nitrogens is 3. The average Bonchev–Trinajstić information content (AvgIpc) is 2.91. The second-order valence-corrected chi connectivity index (χ2v) is 7.75. The average molecular weight is 395 g/mol. The summed E-state index contributed by atoms with van der Waals surface area (Å²) in [6, 6.07) is 7.60. The molecule has 8 heteroatoms. The van der Waals surface area contributed by atoms with Crippen molar-refractivity contribution in [3.8, 4) is 11.4 Å². The molecule has 1 N–H and O–H groups in total. The summed E-state index contributed by atoms with van der Waals surface area (Å²) in [6.07, 6.45) is 3.74. The van der Waals surface area contributed by atoms with E-state index < -0.39 is 0 Å². The van der Waals surface area contributed by atoms with Gasteiger partial charge >= 0.3 is 0 Å². The number of benzene rings is 1. The van der Waals surface area contributed by atoms with Crippen molar-refractivity contribution >= 4 is 29.3 Å². The van der Waals surface area contributed by atoms with Crippen LogP contribution in [0.4, 0.5) is 0 Å². The first-order chi connectivity index (χ1) is 12.7. The molecule has 1 fully saturated rings. The van der Waals surface area contributed by atoms with Crippen molar-refractivity contribution in [2.75, 3.05) is 20.3 Å². The zero-order chi connectivity index (χ0) is 18.4.